The standard InChI is InChI=1S/C14H12N6O/c15-13-12(10(21)7-20(13)11-5-6-16-19-11)14-17-8-3-1-2-4-9(8)18-14/h1-7,21H,15H2,(H,16,19)(H,17,18). The van der Waals surface area contributed by atoms with Crippen molar-refractivity contribution in [3.63, 3.8) is 0 Å². The van der Waals surface area contributed by atoms with Crippen LogP contribution in [0.5, 0.6) is 5.75 Å². The van der Waals surface area contributed by atoms with Gasteiger partial charge in [-0.1, -0.05) is 12.1 Å². The molecule has 104 valence electrons. The fraction of sp³-hybridized carbons (Fsp3) is 0. The predicted molar refractivity (Wildman–Crippen MR) is 79.1 cm³/mol. The number of hydrogen-bond donors (Lipinski definition) is 4. The molecule has 0 saturated heterocycles. The second kappa shape index (κ2) is 4.14. The third kappa shape index (κ3) is 1.68. The van der Waals surface area contributed by atoms with Crippen molar-refractivity contribution in [1.29, 1.82) is 0 Å². The molecular formula is C14H12N6O. The smallest absolute Gasteiger partial charge is 0.146 e. The van der Waals surface area contributed by atoms with Gasteiger partial charge in [-0.05, 0) is 12.1 Å². The lowest BCUT2D eigenvalue weighted by Crippen LogP contribution is -2.00. The van der Waals surface area contributed by atoms with Gasteiger partial charge in [-0.3, -0.25) is 9.67 Å². The van der Waals surface area contributed by atoms with E-state index in [1.54, 1.807) is 16.8 Å². The first-order chi connectivity index (χ1) is 10.2. The number of para-hydroxylation sites is 2. The molecule has 7 nitrogen and oxygen atoms in total. The number of nitrogens with zero attached hydrogens (tertiary/aromatic N) is 3. The molecule has 21 heavy (non-hydrogen) atoms. The molecule has 3 aromatic heterocycles. The third-order valence-electron chi connectivity index (χ3n) is 3.39. The van der Waals surface area contributed by atoms with Crippen LogP contribution in [0.15, 0.2) is 42.7 Å². The molecule has 0 fully saturated rings. The number of aromatic nitrogens is 5. The van der Waals surface area contributed by atoms with Gasteiger partial charge in [0.2, 0.25) is 0 Å². The molecule has 4 aromatic rings. The average Bonchev–Trinajstić information content (AvgIpc) is 3.17. The lowest BCUT2D eigenvalue weighted by Gasteiger charge is -2.02. The minimum atomic E-state index is 0.0566. The minimum absolute atomic E-state index is 0.0566. The van der Waals surface area contributed by atoms with Crippen molar-refractivity contribution in [1.82, 2.24) is 24.7 Å². The third-order valence-corrected chi connectivity index (χ3v) is 3.39. The van der Waals surface area contributed by atoms with Gasteiger partial charge in [0.25, 0.3) is 0 Å². The Morgan fingerprint density at radius 2 is 2.05 bits per heavy atom. The van der Waals surface area contributed by atoms with Gasteiger partial charge in [0, 0.05) is 6.07 Å². The zero-order chi connectivity index (χ0) is 14.4. The SMILES string of the molecule is Nc1c(-c2nc3ccccc3[nH]2)c(O)cn1-c1ccn[nH]1. The van der Waals surface area contributed by atoms with Crippen LogP contribution >= 0.6 is 0 Å². The lowest BCUT2D eigenvalue weighted by molar-refractivity contribution is 0.476. The van der Waals surface area contributed by atoms with Crippen molar-refractivity contribution < 1.29 is 5.11 Å². The molecule has 0 aliphatic rings. The van der Waals surface area contributed by atoms with E-state index in [0.717, 1.165) is 11.0 Å². The van der Waals surface area contributed by atoms with Gasteiger partial charge in [0.15, 0.2) is 0 Å². The monoisotopic (exact) mass is 280 g/mol. The van der Waals surface area contributed by atoms with E-state index in [2.05, 4.69) is 20.2 Å². The van der Waals surface area contributed by atoms with Crippen LogP contribution < -0.4 is 5.73 Å². The Bertz CT molecular complexity index is 885. The highest BCUT2D eigenvalue weighted by Gasteiger charge is 2.19. The number of H-pyrrole nitrogens is 2. The molecule has 0 spiro atoms. The van der Waals surface area contributed by atoms with Crippen LogP contribution in [0.25, 0.3) is 28.2 Å². The summed E-state index contributed by atoms with van der Waals surface area (Å²) in [7, 11) is 0. The Morgan fingerprint density at radius 3 is 2.81 bits per heavy atom. The first-order valence-corrected chi connectivity index (χ1v) is 6.38. The fourth-order valence-electron chi connectivity index (χ4n) is 2.40. The van der Waals surface area contributed by atoms with Crippen LogP contribution in [0.3, 0.4) is 0 Å². The Hall–Kier alpha value is -3.22. The summed E-state index contributed by atoms with van der Waals surface area (Å²) in [4.78, 5) is 7.63. The summed E-state index contributed by atoms with van der Waals surface area (Å²) in [5.41, 5.74) is 8.33. The maximum Gasteiger partial charge on any atom is 0.146 e. The van der Waals surface area contributed by atoms with E-state index >= 15 is 0 Å². The number of aromatic amines is 2. The van der Waals surface area contributed by atoms with Gasteiger partial charge in [-0.2, -0.15) is 5.10 Å². The highest BCUT2D eigenvalue weighted by atomic mass is 16.3. The Balaban J connectivity index is 1.92. The number of nitrogens with two attached hydrogens (primary N) is 1. The zero-order valence-corrected chi connectivity index (χ0v) is 10.9. The molecule has 3 heterocycles. The van der Waals surface area contributed by atoms with Gasteiger partial charge in [-0.15, -0.1) is 0 Å². The molecule has 7 heteroatoms. The Morgan fingerprint density at radius 1 is 1.19 bits per heavy atom. The number of hydrogen-bond acceptors (Lipinski definition) is 4. The first kappa shape index (κ1) is 11.6. The van der Waals surface area contributed by atoms with Crippen molar-refractivity contribution in [3.8, 4) is 23.0 Å². The van der Waals surface area contributed by atoms with Crippen molar-refractivity contribution in [2.45, 2.75) is 0 Å². The van der Waals surface area contributed by atoms with E-state index in [0.29, 0.717) is 23.0 Å². The normalized spacial score (nSPS) is 11.2. The molecule has 0 amide bonds. The van der Waals surface area contributed by atoms with E-state index in [-0.39, 0.29) is 5.75 Å². The second-order valence-corrected chi connectivity index (χ2v) is 4.69. The minimum Gasteiger partial charge on any atom is -0.505 e. The van der Waals surface area contributed by atoms with E-state index < -0.39 is 0 Å². The topological polar surface area (TPSA) is 109 Å². The molecule has 0 aliphatic heterocycles. The number of anilines is 1. The highest BCUT2D eigenvalue weighted by molar-refractivity contribution is 5.85. The molecule has 0 atom stereocenters. The highest BCUT2D eigenvalue weighted by Crippen LogP contribution is 2.36. The number of fused-ring (bicyclic) bond motifs is 1. The van der Waals surface area contributed by atoms with E-state index in [1.165, 1.54) is 6.20 Å². The summed E-state index contributed by atoms with van der Waals surface area (Å²) in [5, 5.41) is 16.9. The summed E-state index contributed by atoms with van der Waals surface area (Å²) >= 11 is 0. The maximum atomic E-state index is 10.2. The largest absolute Gasteiger partial charge is 0.505 e. The molecule has 1 aromatic carbocycles. The van der Waals surface area contributed by atoms with E-state index in [9.17, 15) is 5.11 Å². The van der Waals surface area contributed by atoms with E-state index in [4.69, 9.17) is 5.73 Å². The number of nitrogen functional groups attached to an aromatic ring is 1. The van der Waals surface area contributed by atoms with Gasteiger partial charge >= 0.3 is 0 Å². The quantitative estimate of drug-likeness (QED) is 0.450. The molecule has 0 radical (unpaired) electrons. The summed E-state index contributed by atoms with van der Waals surface area (Å²) in [6, 6.07) is 9.41. The van der Waals surface area contributed by atoms with Crippen LogP contribution in [0.4, 0.5) is 5.82 Å². The van der Waals surface area contributed by atoms with E-state index in [1.807, 2.05) is 24.3 Å². The number of nitrogens with one attached hydrogen (secondary N) is 2. The number of imidazole rings is 1. The van der Waals surface area contributed by atoms with Gasteiger partial charge in [0.1, 0.15) is 28.8 Å². The Kier molecular flexibility index (Phi) is 2.28. The summed E-state index contributed by atoms with van der Waals surface area (Å²) in [5.74, 6) is 1.64. The van der Waals surface area contributed by atoms with Crippen molar-refractivity contribution in [2.24, 2.45) is 0 Å². The van der Waals surface area contributed by atoms with Gasteiger partial charge in [0.05, 0.1) is 23.4 Å². The van der Waals surface area contributed by atoms with Crippen molar-refractivity contribution in [2.75, 3.05) is 5.73 Å². The summed E-state index contributed by atoms with van der Waals surface area (Å²) in [6.07, 6.45) is 3.15. The molecule has 4 rings (SSSR count). The lowest BCUT2D eigenvalue weighted by atomic mass is 10.3. The molecule has 0 aliphatic carbocycles. The molecule has 0 saturated carbocycles. The Labute approximate surface area is 119 Å². The molecule has 0 unspecified atom stereocenters. The van der Waals surface area contributed by atoms with Crippen LogP contribution in [-0.2, 0) is 0 Å². The maximum absolute atomic E-state index is 10.2. The first-order valence-electron chi connectivity index (χ1n) is 6.38. The number of aromatic hydroxyl groups is 1. The predicted octanol–water partition coefficient (Wildman–Crippen LogP) is 2.03. The average molecular weight is 280 g/mol. The molecular weight excluding hydrogens is 268 g/mol. The van der Waals surface area contributed by atoms with Crippen LogP contribution in [-0.4, -0.2) is 29.8 Å². The molecule has 5 N–H and O–H groups in total. The van der Waals surface area contributed by atoms with Gasteiger partial charge in [-0.25, -0.2) is 4.98 Å². The van der Waals surface area contributed by atoms with Gasteiger partial charge < -0.3 is 15.8 Å². The summed E-state index contributed by atoms with van der Waals surface area (Å²) in [6.45, 7) is 0. The number of rotatable bonds is 2. The summed E-state index contributed by atoms with van der Waals surface area (Å²) < 4.78 is 1.63. The van der Waals surface area contributed by atoms with Crippen LogP contribution in [0, 0.1) is 0 Å². The van der Waals surface area contributed by atoms with Crippen LogP contribution in [0.1, 0.15) is 0 Å². The number of benzene rings is 1. The zero-order valence-electron chi connectivity index (χ0n) is 10.9. The second-order valence-electron chi connectivity index (χ2n) is 4.69. The van der Waals surface area contributed by atoms with Crippen molar-refractivity contribution in [3.05, 3.63) is 42.7 Å². The van der Waals surface area contributed by atoms with Crippen LogP contribution in [0.2, 0.25) is 0 Å². The fourth-order valence-corrected chi connectivity index (χ4v) is 2.40. The van der Waals surface area contributed by atoms with Crippen molar-refractivity contribution >= 4 is 16.9 Å². The molecule has 0 bridgehead atoms.